The molecule has 1 fully saturated rings. The number of carbonyl (C=O) groups excluding carboxylic acids is 1. The summed E-state index contributed by atoms with van der Waals surface area (Å²) >= 11 is 0. The van der Waals surface area contributed by atoms with E-state index in [2.05, 4.69) is 13.8 Å². The zero-order chi connectivity index (χ0) is 14.0. The van der Waals surface area contributed by atoms with Crippen LogP contribution in [0.15, 0.2) is 30.3 Å². The summed E-state index contributed by atoms with van der Waals surface area (Å²) in [6.45, 7) is 9.00. The van der Waals surface area contributed by atoms with Crippen molar-refractivity contribution in [2.24, 2.45) is 5.92 Å². The molecule has 0 aliphatic carbocycles. The molecule has 1 aromatic rings. The second-order valence-corrected chi connectivity index (χ2v) is 5.97. The average Bonchev–Trinajstić information content (AvgIpc) is 2.64. The molecule has 1 saturated heterocycles. The maximum atomic E-state index is 12.7. The molecule has 2 atom stereocenters. The lowest BCUT2D eigenvalue weighted by Gasteiger charge is -2.37. The Morgan fingerprint density at radius 1 is 1.42 bits per heavy atom. The number of hydrogen-bond acceptors (Lipinski definition) is 2. The fourth-order valence-electron chi connectivity index (χ4n) is 2.96. The summed E-state index contributed by atoms with van der Waals surface area (Å²) in [5.41, 5.74) is 0.246. The molecule has 1 aliphatic heterocycles. The van der Waals surface area contributed by atoms with Crippen LogP contribution >= 0.6 is 0 Å². The van der Waals surface area contributed by atoms with E-state index < -0.39 is 5.72 Å². The first-order valence-corrected chi connectivity index (χ1v) is 6.97. The highest BCUT2D eigenvalue weighted by molar-refractivity contribution is 5.95. The van der Waals surface area contributed by atoms with Crippen LogP contribution in [0.5, 0.6) is 0 Å². The molecule has 1 aromatic carbocycles. The summed E-state index contributed by atoms with van der Waals surface area (Å²) in [6.07, 6.45) is 0.857. The Morgan fingerprint density at radius 2 is 2.05 bits per heavy atom. The van der Waals surface area contributed by atoms with Gasteiger partial charge in [-0.2, -0.15) is 0 Å². The number of carbonyl (C=O) groups is 1. The van der Waals surface area contributed by atoms with Gasteiger partial charge in [-0.05, 0) is 38.3 Å². The first-order valence-electron chi connectivity index (χ1n) is 6.97. The van der Waals surface area contributed by atoms with Gasteiger partial charge in [-0.25, -0.2) is 0 Å². The summed E-state index contributed by atoms with van der Waals surface area (Å²) < 4.78 is 5.92. The minimum absolute atomic E-state index is 0.0637. The van der Waals surface area contributed by atoms with E-state index in [0.29, 0.717) is 12.5 Å². The van der Waals surface area contributed by atoms with Crippen molar-refractivity contribution in [1.82, 2.24) is 4.90 Å². The van der Waals surface area contributed by atoms with Crippen LogP contribution in [0.3, 0.4) is 0 Å². The molecule has 0 spiro atoms. The van der Waals surface area contributed by atoms with Crippen molar-refractivity contribution in [3.8, 4) is 0 Å². The molecule has 3 heteroatoms. The van der Waals surface area contributed by atoms with Crippen LogP contribution in [-0.4, -0.2) is 29.2 Å². The first kappa shape index (κ1) is 14.1. The number of rotatable bonds is 3. The molecule has 1 aliphatic rings. The van der Waals surface area contributed by atoms with Gasteiger partial charge >= 0.3 is 0 Å². The minimum atomic E-state index is -0.486. The first-order chi connectivity index (χ1) is 8.94. The van der Waals surface area contributed by atoms with E-state index in [-0.39, 0.29) is 11.9 Å². The van der Waals surface area contributed by atoms with Crippen molar-refractivity contribution in [1.29, 1.82) is 0 Å². The van der Waals surface area contributed by atoms with Crippen molar-refractivity contribution in [2.75, 3.05) is 6.61 Å². The fourth-order valence-corrected chi connectivity index (χ4v) is 2.96. The maximum absolute atomic E-state index is 12.7. The number of nitrogens with zero attached hydrogens (tertiary/aromatic N) is 1. The van der Waals surface area contributed by atoms with Gasteiger partial charge in [-0.1, -0.05) is 32.0 Å². The Kier molecular flexibility index (Phi) is 3.95. The Balaban J connectivity index is 2.27. The molecule has 0 radical (unpaired) electrons. The molecule has 0 aromatic heterocycles. The van der Waals surface area contributed by atoms with E-state index in [9.17, 15) is 4.79 Å². The molecule has 19 heavy (non-hydrogen) atoms. The summed E-state index contributed by atoms with van der Waals surface area (Å²) in [4.78, 5) is 14.6. The van der Waals surface area contributed by atoms with Crippen LogP contribution in [0.25, 0.3) is 0 Å². The van der Waals surface area contributed by atoms with Crippen LogP contribution in [0.4, 0.5) is 0 Å². The number of benzene rings is 1. The van der Waals surface area contributed by atoms with Crippen molar-refractivity contribution in [2.45, 2.75) is 45.9 Å². The predicted octanol–water partition coefficient (Wildman–Crippen LogP) is 3.31. The van der Waals surface area contributed by atoms with E-state index >= 15 is 0 Å². The smallest absolute Gasteiger partial charge is 0.256 e. The zero-order valence-corrected chi connectivity index (χ0v) is 12.2. The molecular formula is C16H23NO2. The summed E-state index contributed by atoms with van der Waals surface area (Å²) in [7, 11) is 0. The Hall–Kier alpha value is -1.35. The van der Waals surface area contributed by atoms with Crippen LogP contribution in [0.1, 0.15) is 44.5 Å². The highest BCUT2D eigenvalue weighted by Crippen LogP contribution is 2.34. The standard InChI is InChI=1S/C16H23NO2/c1-12(2)10-16(4)17(13(3)11-19-16)15(18)14-8-6-5-7-9-14/h5-9,12-13H,10-11H2,1-4H3/t13-,16-/m1/s1. The molecule has 3 nitrogen and oxygen atoms in total. The summed E-state index contributed by atoms with van der Waals surface area (Å²) in [5.74, 6) is 0.551. The van der Waals surface area contributed by atoms with Gasteiger partial charge in [-0.3, -0.25) is 4.79 Å². The molecule has 104 valence electrons. The van der Waals surface area contributed by atoms with E-state index in [1.54, 1.807) is 0 Å². The second kappa shape index (κ2) is 5.33. The SMILES string of the molecule is CC(C)C[C@@]1(C)OC[C@@H](C)N1C(=O)c1ccccc1. The molecule has 2 rings (SSSR count). The van der Waals surface area contributed by atoms with Crippen LogP contribution in [0.2, 0.25) is 0 Å². The van der Waals surface area contributed by atoms with E-state index in [1.165, 1.54) is 0 Å². The number of hydrogen-bond donors (Lipinski definition) is 0. The molecule has 0 unspecified atom stereocenters. The van der Waals surface area contributed by atoms with Gasteiger partial charge in [0.2, 0.25) is 0 Å². The summed E-state index contributed by atoms with van der Waals surface area (Å²) in [6, 6.07) is 9.57. The average molecular weight is 261 g/mol. The molecule has 0 bridgehead atoms. The van der Waals surface area contributed by atoms with Gasteiger partial charge in [0, 0.05) is 5.56 Å². The molecule has 0 saturated carbocycles. The monoisotopic (exact) mass is 261 g/mol. The largest absolute Gasteiger partial charge is 0.354 e. The predicted molar refractivity (Wildman–Crippen MR) is 75.9 cm³/mol. The van der Waals surface area contributed by atoms with Gasteiger partial charge in [0.05, 0.1) is 12.6 Å². The highest BCUT2D eigenvalue weighted by Gasteiger charge is 2.45. The van der Waals surface area contributed by atoms with Gasteiger partial charge in [0.15, 0.2) is 0 Å². The van der Waals surface area contributed by atoms with Crippen molar-refractivity contribution in [3.63, 3.8) is 0 Å². The third-order valence-corrected chi connectivity index (χ3v) is 3.61. The molecule has 0 N–H and O–H groups in total. The van der Waals surface area contributed by atoms with Crippen molar-refractivity contribution < 1.29 is 9.53 Å². The van der Waals surface area contributed by atoms with E-state index in [1.807, 2.05) is 49.1 Å². The number of ether oxygens (including phenoxy) is 1. The lowest BCUT2D eigenvalue weighted by molar-refractivity contribution is -0.0682. The third kappa shape index (κ3) is 2.81. The second-order valence-electron chi connectivity index (χ2n) is 5.97. The van der Waals surface area contributed by atoms with Crippen LogP contribution in [0, 0.1) is 5.92 Å². The van der Waals surface area contributed by atoms with Gasteiger partial charge in [0.25, 0.3) is 5.91 Å². The highest BCUT2D eigenvalue weighted by atomic mass is 16.5. The third-order valence-electron chi connectivity index (χ3n) is 3.61. The van der Waals surface area contributed by atoms with E-state index in [0.717, 1.165) is 12.0 Å². The Bertz CT molecular complexity index is 443. The Labute approximate surface area is 115 Å². The topological polar surface area (TPSA) is 29.5 Å². The number of amides is 1. The Morgan fingerprint density at radius 3 is 2.63 bits per heavy atom. The normalized spacial score (nSPS) is 27.0. The van der Waals surface area contributed by atoms with Crippen LogP contribution in [-0.2, 0) is 4.74 Å². The van der Waals surface area contributed by atoms with Gasteiger partial charge < -0.3 is 9.64 Å². The van der Waals surface area contributed by atoms with E-state index in [4.69, 9.17) is 4.74 Å². The molecule has 1 amide bonds. The quantitative estimate of drug-likeness (QED) is 0.835. The van der Waals surface area contributed by atoms with Crippen molar-refractivity contribution in [3.05, 3.63) is 35.9 Å². The van der Waals surface area contributed by atoms with Crippen molar-refractivity contribution >= 4 is 5.91 Å². The van der Waals surface area contributed by atoms with Gasteiger partial charge in [-0.15, -0.1) is 0 Å². The molecule has 1 heterocycles. The summed E-state index contributed by atoms with van der Waals surface area (Å²) in [5, 5.41) is 0. The van der Waals surface area contributed by atoms with Gasteiger partial charge in [0.1, 0.15) is 5.72 Å². The lowest BCUT2D eigenvalue weighted by atomic mass is 9.99. The lowest BCUT2D eigenvalue weighted by Crippen LogP contribution is -2.49. The minimum Gasteiger partial charge on any atom is -0.354 e. The van der Waals surface area contributed by atoms with Crippen LogP contribution < -0.4 is 0 Å². The maximum Gasteiger partial charge on any atom is 0.256 e. The molecular weight excluding hydrogens is 238 g/mol. The fraction of sp³-hybridized carbons (Fsp3) is 0.562. The zero-order valence-electron chi connectivity index (χ0n) is 12.2.